The molecule has 0 bridgehead atoms. The monoisotopic (exact) mass is 321 g/mol. The second kappa shape index (κ2) is 5.39. The molecule has 1 aliphatic rings. The van der Waals surface area contributed by atoms with Gasteiger partial charge in [0.15, 0.2) is 5.76 Å². The van der Waals surface area contributed by atoms with E-state index in [2.05, 4.69) is 36.4 Å². The fraction of sp³-hybridized carbons (Fsp3) is 0.150. The molecule has 2 nitrogen and oxygen atoms in total. The molecule has 0 radical (unpaired) electrons. The van der Waals surface area contributed by atoms with Crippen molar-refractivity contribution in [3.05, 3.63) is 65.9 Å². The van der Waals surface area contributed by atoms with Crippen LogP contribution in [0.3, 0.4) is 0 Å². The largest absolute Gasteiger partial charge is 0.463 e. The molecular weight excluding hydrogens is 306 g/mol. The van der Waals surface area contributed by atoms with Crippen molar-refractivity contribution in [2.75, 3.05) is 0 Å². The molecule has 0 spiro atoms. The summed E-state index contributed by atoms with van der Waals surface area (Å²) < 4.78 is 5.62. The van der Waals surface area contributed by atoms with Gasteiger partial charge in [-0.2, -0.15) is 0 Å². The molecule has 2 aromatic heterocycles. The van der Waals surface area contributed by atoms with E-state index in [-0.39, 0.29) is 12.4 Å². The Kier molecular flexibility index (Phi) is 3.35. The molecule has 3 heteroatoms. The van der Waals surface area contributed by atoms with Crippen LogP contribution < -0.4 is 0 Å². The van der Waals surface area contributed by atoms with E-state index >= 15 is 0 Å². The Balaban J connectivity index is 0.00000135. The fourth-order valence-electron chi connectivity index (χ4n) is 3.76. The number of hydrogen-bond acceptors (Lipinski definition) is 2. The number of hydrogen-bond donors (Lipinski definition) is 0. The molecule has 0 saturated carbocycles. The average Bonchev–Trinajstić information content (AvgIpc) is 3.25. The van der Waals surface area contributed by atoms with Crippen LogP contribution in [-0.4, -0.2) is 4.98 Å². The molecule has 0 atom stereocenters. The predicted molar refractivity (Wildman–Crippen MR) is 96.2 cm³/mol. The first kappa shape index (κ1) is 14.3. The van der Waals surface area contributed by atoms with Crippen LogP contribution in [0.15, 0.2) is 59.2 Å². The first-order chi connectivity index (χ1) is 10.9. The zero-order valence-corrected chi connectivity index (χ0v) is 13.4. The molecule has 2 heterocycles. The van der Waals surface area contributed by atoms with E-state index in [9.17, 15) is 0 Å². The van der Waals surface area contributed by atoms with E-state index in [4.69, 9.17) is 9.40 Å². The third-order valence-corrected chi connectivity index (χ3v) is 4.70. The van der Waals surface area contributed by atoms with Gasteiger partial charge in [-0.1, -0.05) is 30.3 Å². The summed E-state index contributed by atoms with van der Waals surface area (Å²) in [6.07, 6.45) is 5.16. The highest BCUT2D eigenvalue weighted by atomic mass is 35.5. The summed E-state index contributed by atoms with van der Waals surface area (Å²) in [6.45, 7) is 0. The van der Waals surface area contributed by atoms with Crippen LogP contribution in [0.4, 0.5) is 0 Å². The Morgan fingerprint density at radius 3 is 2.61 bits per heavy atom. The van der Waals surface area contributed by atoms with Crippen LogP contribution >= 0.6 is 12.4 Å². The van der Waals surface area contributed by atoms with Crippen molar-refractivity contribution < 1.29 is 4.42 Å². The second-order valence-electron chi connectivity index (χ2n) is 5.93. The van der Waals surface area contributed by atoms with Crippen molar-refractivity contribution in [1.82, 2.24) is 4.98 Å². The van der Waals surface area contributed by atoms with Gasteiger partial charge in [0, 0.05) is 5.39 Å². The van der Waals surface area contributed by atoms with E-state index < -0.39 is 0 Å². The van der Waals surface area contributed by atoms with Crippen molar-refractivity contribution in [2.24, 2.45) is 0 Å². The summed E-state index contributed by atoms with van der Waals surface area (Å²) in [7, 11) is 0. The summed E-state index contributed by atoms with van der Waals surface area (Å²) in [5.74, 6) is 0.883. The number of halogens is 1. The number of fused-ring (bicyclic) bond motifs is 5. The minimum atomic E-state index is 0. The van der Waals surface area contributed by atoms with Crippen LogP contribution in [0.25, 0.3) is 33.1 Å². The molecule has 0 N–H and O–H groups in total. The summed E-state index contributed by atoms with van der Waals surface area (Å²) in [5, 5.41) is 3.94. The first-order valence-electron chi connectivity index (χ1n) is 7.79. The molecule has 5 rings (SSSR count). The van der Waals surface area contributed by atoms with Crippen molar-refractivity contribution in [3.63, 3.8) is 0 Å². The molecule has 2 aromatic carbocycles. The van der Waals surface area contributed by atoms with Gasteiger partial charge in [-0.3, -0.25) is 0 Å². The minimum absolute atomic E-state index is 0. The third kappa shape index (κ3) is 2.06. The van der Waals surface area contributed by atoms with Crippen molar-refractivity contribution in [3.8, 4) is 11.5 Å². The zero-order valence-electron chi connectivity index (χ0n) is 12.6. The lowest BCUT2D eigenvalue weighted by Crippen LogP contribution is -1.95. The molecular formula is C20H16ClNO. The summed E-state index contributed by atoms with van der Waals surface area (Å²) in [6, 6.07) is 16.8. The van der Waals surface area contributed by atoms with E-state index in [0.717, 1.165) is 29.8 Å². The number of pyridine rings is 1. The van der Waals surface area contributed by atoms with Gasteiger partial charge in [0.25, 0.3) is 0 Å². The maximum atomic E-state index is 5.62. The Bertz CT molecular complexity index is 1010. The molecule has 4 aromatic rings. The number of aromatic nitrogens is 1. The smallest absolute Gasteiger partial charge is 0.152 e. The van der Waals surface area contributed by atoms with E-state index in [1.165, 1.54) is 33.7 Å². The van der Waals surface area contributed by atoms with Crippen LogP contribution in [0.1, 0.15) is 17.5 Å². The van der Waals surface area contributed by atoms with E-state index in [0.29, 0.717) is 0 Å². The SMILES string of the molecule is Cl.c1coc(-c2nc3ccc4ccccc4c3c3c2CCC3)c1. The van der Waals surface area contributed by atoms with Crippen molar-refractivity contribution in [2.45, 2.75) is 19.3 Å². The number of nitrogens with zero attached hydrogens (tertiary/aromatic N) is 1. The Morgan fingerprint density at radius 2 is 1.74 bits per heavy atom. The maximum absolute atomic E-state index is 5.62. The van der Waals surface area contributed by atoms with Gasteiger partial charge in [-0.05, 0) is 59.4 Å². The Hall–Kier alpha value is -2.32. The lowest BCUT2D eigenvalue weighted by Gasteiger charge is -2.12. The lowest BCUT2D eigenvalue weighted by atomic mass is 9.97. The minimum Gasteiger partial charge on any atom is -0.463 e. The Labute approximate surface area is 140 Å². The number of aryl methyl sites for hydroxylation is 1. The summed E-state index contributed by atoms with van der Waals surface area (Å²) in [5.41, 5.74) is 4.94. The van der Waals surface area contributed by atoms with Gasteiger partial charge in [-0.25, -0.2) is 4.98 Å². The van der Waals surface area contributed by atoms with Crippen LogP contribution in [0.2, 0.25) is 0 Å². The van der Waals surface area contributed by atoms with Gasteiger partial charge in [0.1, 0.15) is 5.69 Å². The third-order valence-electron chi connectivity index (χ3n) is 4.70. The Morgan fingerprint density at radius 1 is 0.870 bits per heavy atom. The summed E-state index contributed by atoms with van der Waals surface area (Å²) in [4.78, 5) is 4.95. The lowest BCUT2D eigenvalue weighted by molar-refractivity contribution is 0.579. The second-order valence-corrected chi connectivity index (χ2v) is 5.93. The van der Waals surface area contributed by atoms with Gasteiger partial charge >= 0.3 is 0 Å². The molecule has 1 aliphatic carbocycles. The molecule has 23 heavy (non-hydrogen) atoms. The summed E-state index contributed by atoms with van der Waals surface area (Å²) >= 11 is 0. The number of benzene rings is 2. The first-order valence-corrected chi connectivity index (χ1v) is 7.79. The van der Waals surface area contributed by atoms with Crippen LogP contribution in [0.5, 0.6) is 0 Å². The molecule has 114 valence electrons. The normalized spacial score (nSPS) is 13.2. The van der Waals surface area contributed by atoms with Gasteiger partial charge < -0.3 is 4.42 Å². The quantitative estimate of drug-likeness (QED) is 0.429. The van der Waals surface area contributed by atoms with Crippen molar-refractivity contribution in [1.29, 1.82) is 0 Å². The van der Waals surface area contributed by atoms with Gasteiger partial charge in [0.2, 0.25) is 0 Å². The highest BCUT2D eigenvalue weighted by Crippen LogP contribution is 2.38. The molecule has 0 amide bonds. The highest BCUT2D eigenvalue weighted by molar-refractivity contribution is 6.09. The molecule has 0 unspecified atom stereocenters. The van der Waals surface area contributed by atoms with Crippen molar-refractivity contribution >= 4 is 34.1 Å². The predicted octanol–water partition coefficient (Wildman–Crippen LogP) is 5.56. The van der Waals surface area contributed by atoms with Crippen LogP contribution in [0, 0.1) is 0 Å². The number of furan rings is 1. The van der Waals surface area contributed by atoms with Crippen LogP contribution in [-0.2, 0) is 12.8 Å². The van der Waals surface area contributed by atoms with E-state index in [1.807, 2.05) is 12.1 Å². The molecule has 0 saturated heterocycles. The maximum Gasteiger partial charge on any atom is 0.152 e. The topological polar surface area (TPSA) is 26.0 Å². The van der Waals surface area contributed by atoms with Gasteiger partial charge in [0.05, 0.1) is 11.8 Å². The molecule has 0 aliphatic heterocycles. The van der Waals surface area contributed by atoms with Gasteiger partial charge in [-0.15, -0.1) is 12.4 Å². The highest BCUT2D eigenvalue weighted by Gasteiger charge is 2.22. The standard InChI is InChI=1S/C20H15NO.ClH/c1-2-6-14-13(5-1)10-11-17-19(14)15-7-3-8-16(15)20(21-17)18-9-4-12-22-18;/h1-2,4-6,9-12H,3,7-8H2;1H. The van der Waals surface area contributed by atoms with E-state index in [1.54, 1.807) is 6.26 Å². The molecule has 0 fully saturated rings. The fourth-order valence-corrected chi connectivity index (χ4v) is 3.76. The number of rotatable bonds is 1. The average molecular weight is 322 g/mol. The zero-order chi connectivity index (χ0) is 14.5.